The smallest absolute Gasteiger partial charge is 0.180 e. The second kappa shape index (κ2) is 5.41. The summed E-state index contributed by atoms with van der Waals surface area (Å²) in [5.41, 5.74) is 0.837. The van der Waals surface area contributed by atoms with Crippen LogP contribution in [0.1, 0.15) is 25.3 Å². The Morgan fingerprint density at radius 2 is 2.00 bits per heavy atom. The molecule has 1 atom stereocenters. The van der Waals surface area contributed by atoms with Crippen LogP contribution in [0.5, 0.6) is 0 Å². The highest BCUT2D eigenvalue weighted by molar-refractivity contribution is 7.91. The molecule has 0 amide bonds. The SMILES string of the molecule is CCNC(CS(=O)(=O)c1ccccc1C)C1CC1. The van der Waals surface area contributed by atoms with E-state index in [0.717, 1.165) is 24.9 Å². The summed E-state index contributed by atoms with van der Waals surface area (Å²) in [4.78, 5) is 0.480. The minimum absolute atomic E-state index is 0.111. The summed E-state index contributed by atoms with van der Waals surface area (Å²) in [6.07, 6.45) is 2.31. The third-order valence-electron chi connectivity index (χ3n) is 3.48. The Balaban J connectivity index is 2.18. The molecule has 100 valence electrons. The van der Waals surface area contributed by atoms with Gasteiger partial charge < -0.3 is 5.32 Å². The van der Waals surface area contributed by atoms with Gasteiger partial charge >= 0.3 is 0 Å². The topological polar surface area (TPSA) is 46.2 Å². The number of aryl methyl sites for hydroxylation is 1. The van der Waals surface area contributed by atoms with Gasteiger partial charge in [-0.05, 0) is 43.9 Å². The molecular weight excluding hydrogens is 246 g/mol. The molecule has 1 aliphatic rings. The first kappa shape index (κ1) is 13.6. The van der Waals surface area contributed by atoms with Crippen LogP contribution in [0, 0.1) is 12.8 Å². The van der Waals surface area contributed by atoms with Crippen LogP contribution in [0.3, 0.4) is 0 Å². The summed E-state index contributed by atoms with van der Waals surface area (Å²) in [6, 6.07) is 7.34. The van der Waals surface area contributed by atoms with E-state index in [2.05, 4.69) is 5.32 Å². The third-order valence-corrected chi connectivity index (χ3v) is 5.41. The third kappa shape index (κ3) is 3.12. The first-order chi connectivity index (χ1) is 8.54. The standard InChI is InChI=1S/C14H21NO2S/c1-3-15-13(12-8-9-12)10-18(16,17)14-7-5-4-6-11(14)2/h4-7,12-13,15H,3,8-10H2,1-2H3. The molecule has 0 radical (unpaired) electrons. The number of rotatable bonds is 6. The fourth-order valence-corrected chi connectivity index (χ4v) is 4.24. The molecule has 1 N–H and O–H groups in total. The van der Waals surface area contributed by atoms with Crippen molar-refractivity contribution < 1.29 is 8.42 Å². The molecule has 0 aromatic heterocycles. The molecule has 0 heterocycles. The predicted molar refractivity (Wildman–Crippen MR) is 73.4 cm³/mol. The Kier molecular flexibility index (Phi) is 4.07. The van der Waals surface area contributed by atoms with E-state index in [0.29, 0.717) is 10.8 Å². The van der Waals surface area contributed by atoms with Crippen molar-refractivity contribution in [1.82, 2.24) is 5.32 Å². The lowest BCUT2D eigenvalue weighted by molar-refractivity contribution is 0.502. The first-order valence-electron chi connectivity index (χ1n) is 6.56. The average molecular weight is 267 g/mol. The van der Waals surface area contributed by atoms with Crippen molar-refractivity contribution in [3.63, 3.8) is 0 Å². The zero-order valence-corrected chi connectivity index (χ0v) is 11.8. The van der Waals surface area contributed by atoms with Gasteiger partial charge in [-0.2, -0.15) is 0 Å². The molecule has 1 unspecified atom stereocenters. The maximum Gasteiger partial charge on any atom is 0.180 e. The molecule has 1 aromatic carbocycles. The minimum Gasteiger partial charge on any atom is -0.313 e. The molecule has 0 spiro atoms. The van der Waals surface area contributed by atoms with Crippen molar-refractivity contribution in [3.8, 4) is 0 Å². The lowest BCUT2D eigenvalue weighted by atomic mass is 10.2. The summed E-state index contributed by atoms with van der Waals surface area (Å²) in [7, 11) is -3.18. The Labute approximate surface area is 110 Å². The van der Waals surface area contributed by atoms with Gasteiger partial charge in [-0.1, -0.05) is 25.1 Å². The van der Waals surface area contributed by atoms with Crippen LogP contribution < -0.4 is 5.32 Å². The van der Waals surface area contributed by atoms with Crippen molar-refractivity contribution in [2.24, 2.45) is 5.92 Å². The van der Waals surface area contributed by atoms with E-state index < -0.39 is 9.84 Å². The van der Waals surface area contributed by atoms with Crippen LogP contribution in [0.25, 0.3) is 0 Å². The summed E-state index contributed by atoms with van der Waals surface area (Å²) >= 11 is 0. The molecule has 0 saturated heterocycles. The fourth-order valence-electron chi connectivity index (χ4n) is 2.35. The Hall–Kier alpha value is -0.870. The van der Waals surface area contributed by atoms with E-state index in [4.69, 9.17) is 0 Å². The highest BCUT2D eigenvalue weighted by Crippen LogP contribution is 2.34. The van der Waals surface area contributed by atoms with Gasteiger partial charge in [-0.3, -0.25) is 0 Å². The van der Waals surface area contributed by atoms with Gasteiger partial charge in [0.1, 0.15) is 0 Å². The van der Waals surface area contributed by atoms with Gasteiger partial charge in [0.25, 0.3) is 0 Å². The Bertz CT molecular complexity index is 506. The molecule has 1 saturated carbocycles. The molecule has 1 fully saturated rings. The molecule has 18 heavy (non-hydrogen) atoms. The van der Waals surface area contributed by atoms with Gasteiger partial charge in [0.15, 0.2) is 9.84 Å². The minimum atomic E-state index is -3.18. The maximum atomic E-state index is 12.4. The van der Waals surface area contributed by atoms with Crippen molar-refractivity contribution in [3.05, 3.63) is 29.8 Å². The van der Waals surface area contributed by atoms with E-state index in [-0.39, 0.29) is 11.8 Å². The molecule has 3 nitrogen and oxygen atoms in total. The van der Waals surface area contributed by atoms with Crippen LogP contribution in [0.15, 0.2) is 29.2 Å². The monoisotopic (exact) mass is 267 g/mol. The number of sulfone groups is 1. The van der Waals surface area contributed by atoms with Crippen molar-refractivity contribution in [2.45, 2.75) is 37.6 Å². The molecule has 1 aliphatic carbocycles. The lowest BCUT2D eigenvalue weighted by Gasteiger charge is -2.18. The normalized spacial score (nSPS) is 17.7. The van der Waals surface area contributed by atoms with Crippen molar-refractivity contribution >= 4 is 9.84 Å². The van der Waals surface area contributed by atoms with Crippen molar-refractivity contribution in [1.29, 1.82) is 0 Å². The van der Waals surface area contributed by atoms with Gasteiger partial charge in [0.2, 0.25) is 0 Å². The number of hydrogen-bond donors (Lipinski definition) is 1. The van der Waals surface area contributed by atoms with E-state index >= 15 is 0 Å². The van der Waals surface area contributed by atoms with Crippen LogP contribution >= 0.6 is 0 Å². The van der Waals surface area contributed by atoms with Gasteiger partial charge in [0.05, 0.1) is 10.6 Å². The summed E-state index contributed by atoms with van der Waals surface area (Å²) in [6.45, 7) is 4.70. The zero-order chi connectivity index (χ0) is 13.2. The molecule has 0 aliphatic heterocycles. The number of nitrogens with one attached hydrogen (secondary N) is 1. The highest BCUT2D eigenvalue weighted by atomic mass is 32.2. The highest BCUT2D eigenvalue weighted by Gasteiger charge is 2.34. The van der Waals surface area contributed by atoms with E-state index in [9.17, 15) is 8.42 Å². The van der Waals surface area contributed by atoms with Crippen molar-refractivity contribution in [2.75, 3.05) is 12.3 Å². The summed E-state index contributed by atoms with van der Waals surface area (Å²) in [5, 5.41) is 3.31. The second-order valence-electron chi connectivity index (χ2n) is 5.05. The van der Waals surface area contributed by atoms with Crippen LogP contribution in [0.2, 0.25) is 0 Å². The Morgan fingerprint density at radius 3 is 2.56 bits per heavy atom. The summed E-state index contributed by atoms with van der Waals surface area (Å²) in [5.74, 6) is 0.764. The molecule has 0 bridgehead atoms. The van der Waals surface area contributed by atoms with Crippen LogP contribution in [0.4, 0.5) is 0 Å². The van der Waals surface area contributed by atoms with Gasteiger partial charge in [-0.15, -0.1) is 0 Å². The number of hydrogen-bond acceptors (Lipinski definition) is 3. The molecule has 2 rings (SSSR count). The Morgan fingerprint density at radius 1 is 1.33 bits per heavy atom. The first-order valence-corrected chi connectivity index (χ1v) is 8.21. The van der Waals surface area contributed by atoms with E-state index in [1.165, 1.54) is 0 Å². The molecular formula is C14H21NO2S. The molecule has 4 heteroatoms. The van der Waals surface area contributed by atoms with Gasteiger partial charge in [0, 0.05) is 6.04 Å². The largest absolute Gasteiger partial charge is 0.313 e. The fraction of sp³-hybridized carbons (Fsp3) is 0.571. The summed E-state index contributed by atoms with van der Waals surface area (Å²) < 4.78 is 24.9. The quantitative estimate of drug-likeness (QED) is 0.859. The maximum absolute atomic E-state index is 12.4. The lowest BCUT2D eigenvalue weighted by Crippen LogP contribution is -2.37. The zero-order valence-electron chi connectivity index (χ0n) is 11.0. The van der Waals surface area contributed by atoms with Crippen LogP contribution in [-0.4, -0.2) is 26.8 Å². The van der Waals surface area contributed by atoms with Gasteiger partial charge in [-0.25, -0.2) is 8.42 Å². The predicted octanol–water partition coefficient (Wildman–Crippen LogP) is 2.16. The van der Waals surface area contributed by atoms with E-state index in [1.807, 2.05) is 26.0 Å². The molecule has 1 aromatic rings. The van der Waals surface area contributed by atoms with E-state index in [1.54, 1.807) is 12.1 Å². The van der Waals surface area contributed by atoms with Crippen LogP contribution in [-0.2, 0) is 9.84 Å². The average Bonchev–Trinajstić information content (AvgIpc) is 3.12. The number of benzene rings is 1. The second-order valence-corrected chi connectivity index (χ2v) is 7.05.